The molecule has 0 spiro atoms. The van der Waals surface area contributed by atoms with Crippen LogP contribution in [0.1, 0.15) is 36.9 Å². The van der Waals surface area contributed by atoms with Crippen LogP contribution in [0.25, 0.3) is 0 Å². The van der Waals surface area contributed by atoms with Gasteiger partial charge in [-0.3, -0.25) is 10.1 Å². The van der Waals surface area contributed by atoms with Crippen LogP contribution in [0.4, 0.5) is 0 Å². The average Bonchev–Trinajstić information content (AvgIpc) is 2.76. The molecule has 2 aromatic heterocycles. The summed E-state index contributed by atoms with van der Waals surface area (Å²) in [4.78, 5) is 8.69. The van der Waals surface area contributed by atoms with Gasteiger partial charge in [0.1, 0.15) is 11.4 Å². The van der Waals surface area contributed by atoms with Gasteiger partial charge in [0, 0.05) is 12.1 Å². The minimum Gasteiger partial charge on any atom is -0.384 e. The van der Waals surface area contributed by atoms with E-state index in [2.05, 4.69) is 32.8 Å². The van der Waals surface area contributed by atoms with Gasteiger partial charge in [0.2, 0.25) is 0 Å². The first-order chi connectivity index (χ1) is 8.49. The van der Waals surface area contributed by atoms with Crippen molar-refractivity contribution in [2.24, 2.45) is 0 Å². The normalized spacial score (nSPS) is 11.8. The zero-order chi connectivity index (χ0) is 13.2. The molecule has 6 heteroatoms. The van der Waals surface area contributed by atoms with Gasteiger partial charge in [-0.05, 0) is 26.0 Å². The number of nitrogens with one attached hydrogen (secondary N) is 1. The molecule has 18 heavy (non-hydrogen) atoms. The first-order valence-electron chi connectivity index (χ1n) is 5.69. The average molecular weight is 264 g/mol. The second kappa shape index (κ2) is 5.07. The summed E-state index contributed by atoms with van der Waals surface area (Å²) in [6.45, 7) is 3.43. The molecule has 0 saturated carbocycles. The molecular weight excluding hydrogens is 248 g/mol. The predicted molar refractivity (Wildman–Crippen MR) is 71.4 cm³/mol. The molecule has 0 aliphatic rings. The topological polar surface area (TPSA) is 74.7 Å². The number of rotatable bonds is 4. The summed E-state index contributed by atoms with van der Waals surface area (Å²) in [5.74, 6) is 1.93. The lowest BCUT2D eigenvalue weighted by Gasteiger charge is -2.16. The largest absolute Gasteiger partial charge is 0.384 e. The van der Waals surface area contributed by atoms with Crippen LogP contribution in [0, 0.1) is 0 Å². The molecule has 0 aliphatic heterocycles. The Labute approximate surface area is 111 Å². The molecule has 2 rings (SSSR count). The van der Waals surface area contributed by atoms with Crippen molar-refractivity contribution in [1.82, 2.24) is 20.2 Å². The van der Waals surface area contributed by atoms with Gasteiger partial charge in [-0.2, -0.15) is 17.7 Å². The quantitative estimate of drug-likeness (QED) is 0.731. The molecule has 0 atom stereocenters. The number of hydrogen-bond donors (Lipinski definition) is 3. The molecule has 0 fully saturated rings. The van der Waals surface area contributed by atoms with Crippen molar-refractivity contribution < 1.29 is 5.11 Å². The highest BCUT2D eigenvalue weighted by molar-refractivity contribution is 7.79. The third kappa shape index (κ3) is 3.08. The number of pyridine rings is 1. The Morgan fingerprint density at radius 3 is 2.72 bits per heavy atom. The van der Waals surface area contributed by atoms with Crippen molar-refractivity contribution in [3.63, 3.8) is 0 Å². The molecule has 2 heterocycles. The van der Waals surface area contributed by atoms with Gasteiger partial charge in [-0.25, -0.2) is 4.98 Å². The third-order valence-corrected chi connectivity index (χ3v) is 2.78. The minimum absolute atomic E-state index is 0.508. The van der Waals surface area contributed by atoms with E-state index in [9.17, 15) is 5.11 Å². The monoisotopic (exact) mass is 264 g/mol. The van der Waals surface area contributed by atoms with Gasteiger partial charge in [0.05, 0.1) is 11.4 Å². The summed E-state index contributed by atoms with van der Waals surface area (Å²) in [6, 6.07) is 5.59. The van der Waals surface area contributed by atoms with Crippen LogP contribution in [-0.4, -0.2) is 25.3 Å². The van der Waals surface area contributed by atoms with E-state index < -0.39 is 5.60 Å². The molecule has 96 valence electrons. The van der Waals surface area contributed by atoms with Crippen molar-refractivity contribution in [1.29, 1.82) is 0 Å². The van der Waals surface area contributed by atoms with E-state index in [4.69, 9.17) is 0 Å². The first kappa shape index (κ1) is 13.0. The van der Waals surface area contributed by atoms with Crippen molar-refractivity contribution >= 4 is 12.6 Å². The summed E-state index contributed by atoms with van der Waals surface area (Å²) in [5, 5.41) is 16.8. The minimum atomic E-state index is -0.937. The summed E-state index contributed by atoms with van der Waals surface area (Å²) >= 11 is 4.11. The van der Waals surface area contributed by atoms with Gasteiger partial charge in [0.25, 0.3) is 0 Å². The van der Waals surface area contributed by atoms with E-state index in [0.29, 0.717) is 23.7 Å². The maximum atomic E-state index is 9.91. The number of aliphatic hydroxyl groups is 1. The fraction of sp³-hybridized carbons (Fsp3) is 0.417. The summed E-state index contributed by atoms with van der Waals surface area (Å²) in [6.07, 6.45) is 0.560. The number of H-pyrrole nitrogens is 1. The maximum Gasteiger partial charge on any atom is 0.160 e. The van der Waals surface area contributed by atoms with E-state index in [1.54, 1.807) is 13.8 Å². The standard InChI is InChI=1S/C12H16N4OS/c1-12(2,17)9-5-3-4-8(13-9)6-10-14-11(7-18)16-15-10/h3-5,17-18H,6-7H2,1-2H3,(H,14,15,16). The second-order valence-electron chi connectivity index (χ2n) is 4.61. The fourth-order valence-electron chi connectivity index (χ4n) is 1.57. The Hall–Kier alpha value is -1.40. The van der Waals surface area contributed by atoms with E-state index in [-0.39, 0.29) is 0 Å². The van der Waals surface area contributed by atoms with E-state index >= 15 is 0 Å². The molecular formula is C12H16N4OS. The predicted octanol–water partition coefficient (Wildman–Crippen LogP) is 1.45. The lowest BCUT2D eigenvalue weighted by molar-refractivity contribution is 0.0736. The molecule has 0 radical (unpaired) electrons. The maximum absolute atomic E-state index is 9.91. The van der Waals surface area contributed by atoms with Crippen LogP contribution in [0.15, 0.2) is 18.2 Å². The van der Waals surface area contributed by atoms with E-state index in [1.165, 1.54) is 0 Å². The van der Waals surface area contributed by atoms with Crippen LogP contribution in [-0.2, 0) is 17.8 Å². The zero-order valence-electron chi connectivity index (χ0n) is 10.4. The lowest BCUT2D eigenvalue weighted by Crippen LogP contribution is -2.18. The van der Waals surface area contributed by atoms with Crippen molar-refractivity contribution in [2.75, 3.05) is 0 Å². The Balaban J connectivity index is 2.19. The SMILES string of the molecule is CC(C)(O)c1cccc(Cc2nc(CS)n[nH]2)n1. The van der Waals surface area contributed by atoms with Gasteiger partial charge in [-0.15, -0.1) is 0 Å². The number of aromatic nitrogens is 4. The van der Waals surface area contributed by atoms with Crippen molar-refractivity contribution in [3.8, 4) is 0 Å². The molecule has 2 N–H and O–H groups in total. The highest BCUT2D eigenvalue weighted by Gasteiger charge is 2.17. The van der Waals surface area contributed by atoms with Crippen LogP contribution in [0.5, 0.6) is 0 Å². The smallest absolute Gasteiger partial charge is 0.160 e. The Kier molecular flexibility index (Phi) is 3.68. The van der Waals surface area contributed by atoms with Gasteiger partial charge < -0.3 is 5.11 Å². The summed E-state index contributed by atoms with van der Waals surface area (Å²) in [5.41, 5.74) is 0.554. The molecule has 0 amide bonds. The third-order valence-electron chi connectivity index (χ3n) is 2.50. The molecule has 0 saturated heterocycles. The molecule has 2 aromatic rings. The van der Waals surface area contributed by atoms with Crippen LogP contribution in [0.3, 0.4) is 0 Å². The van der Waals surface area contributed by atoms with Crippen LogP contribution < -0.4 is 0 Å². The molecule has 5 nitrogen and oxygen atoms in total. The molecule has 0 aromatic carbocycles. The highest BCUT2D eigenvalue weighted by atomic mass is 32.1. The van der Waals surface area contributed by atoms with Crippen LogP contribution >= 0.6 is 12.6 Å². The first-order valence-corrected chi connectivity index (χ1v) is 6.32. The Morgan fingerprint density at radius 1 is 1.33 bits per heavy atom. The van der Waals surface area contributed by atoms with E-state index in [0.717, 1.165) is 11.5 Å². The van der Waals surface area contributed by atoms with Crippen molar-refractivity contribution in [2.45, 2.75) is 31.6 Å². The van der Waals surface area contributed by atoms with Gasteiger partial charge in [0.15, 0.2) is 5.82 Å². The van der Waals surface area contributed by atoms with Gasteiger partial charge in [-0.1, -0.05) is 6.07 Å². The molecule has 0 aliphatic carbocycles. The van der Waals surface area contributed by atoms with Crippen LogP contribution in [0.2, 0.25) is 0 Å². The summed E-state index contributed by atoms with van der Waals surface area (Å²) < 4.78 is 0. The Bertz CT molecular complexity index is 533. The molecule has 0 bridgehead atoms. The highest BCUT2D eigenvalue weighted by Crippen LogP contribution is 2.17. The van der Waals surface area contributed by atoms with Crippen molar-refractivity contribution in [3.05, 3.63) is 41.2 Å². The fourth-order valence-corrected chi connectivity index (χ4v) is 1.72. The summed E-state index contributed by atoms with van der Waals surface area (Å²) in [7, 11) is 0. The number of aromatic amines is 1. The van der Waals surface area contributed by atoms with E-state index in [1.807, 2.05) is 18.2 Å². The van der Waals surface area contributed by atoms with Gasteiger partial charge >= 0.3 is 0 Å². The lowest BCUT2D eigenvalue weighted by atomic mass is 10.0. The number of thiol groups is 1. The number of nitrogens with zero attached hydrogens (tertiary/aromatic N) is 3. The Morgan fingerprint density at radius 2 is 2.11 bits per heavy atom. The molecule has 0 unspecified atom stereocenters. The zero-order valence-corrected chi connectivity index (χ0v) is 11.3. The second-order valence-corrected chi connectivity index (χ2v) is 4.92. The number of hydrogen-bond acceptors (Lipinski definition) is 5.